The number of nitrogens with two attached hydrogens (primary N) is 1. The Morgan fingerprint density at radius 1 is 0.468 bits per heavy atom. The molecule has 4 aromatic carbocycles. The average Bonchev–Trinajstić information content (AvgIpc) is 0.797. The molecule has 3 N–H and O–H groups in total. The molecule has 2 aliphatic rings. The molecule has 0 aliphatic carbocycles. The Hall–Kier alpha value is -11.5. The van der Waals surface area contributed by atoms with Gasteiger partial charge in [0, 0.05) is 126 Å². The standard InChI is InChI=1S/C39H52N8O8.C36H50N8O7.C3H3ClO/c1-12-34(48)42-30-22-26(45-18-16-44(13-2)17-19-45)14-15-31(30)47(37(51)55-39(6,7)8)33-24-32(40-25-41-33)43(9)35(49)46(36(50)54-38(3,4)5)27-20-28(52-10)23-29(21-27)53-11;1-11-41-14-16-42(17-15-41)24-12-13-29(28(37)20-24)44(34(47)51-36(5,6)7)31-22-30(38-23-39-31)40(8)32(45)43(33(46)50-35(2,3)4)25-18-26(48-9)21-27(19-25)49-10;1-2-3(4)5/h12,14-15,20-25H,1,13,16-19H2,2-11H3,(H,42,48);12-13,18-23H,11,14-17,37H2,1-10H3;2H,1H2. The molecule has 2 aromatic heterocycles. The zero-order chi connectivity index (χ0) is 82.6. The van der Waals surface area contributed by atoms with Gasteiger partial charge in [0.05, 0.1) is 62.6 Å². The highest BCUT2D eigenvalue weighted by Gasteiger charge is 2.38. The lowest BCUT2D eigenvalue weighted by molar-refractivity contribution is -0.112. The number of ether oxygens (including phenoxy) is 8. The van der Waals surface area contributed by atoms with Gasteiger partial charge in [0.25, 0.3) is 0 Å². The highest BCUT2D eigenvalue weighted by Crippen LogP contribution is 2.40. The summed E-state index contributed by atoms with van der Waals surface area (Å²) >= 11 is 4.71. The molecule has 32 nitrogen and oxygen atoms in total. The summed E-state index contributed by atoms with van der Waals surface area (Å²) in [6.45, 7) is 40.3. The fourth-order valence-electron chi connectivity index (χ4n) is 10.9. The van der Waals surface area contributed by atoms with Crippen LogP contribution in [0.3, 0.4) is 0 Å². The highest BCUT2D eigenvalue weighted by molar-refractivity contribution is 6.66. The number of methoxy groups -OCH3 is 4. The molecule has 2 saturated heterocycles. The van der Waals surface area contributed by atoms with Crippen molar-refractivity contribution in [2.24, 2.45) is 0 Å². The Labute approximate surface area is 654 Å². The number of imide groups is 2. The predicted molar refractivity (Wildman–Crippen MR) is 431 cm³/mol. The van der Waals surface area contributed by atoms with Crippen molar-refractivity contribution in [3.05, 3.63) is 123 Å². The summed E-state index contributed by atoms with van der Waals surface area (Å²) in [7, 11) is 8.64. The molecule has 4 heterocycles. The molecule has 8 rings (SSSR count). The molecule has 2 aliphatic heterocycles. The van der Waals surface area contributed by atoms with Crippen LogP contribution in [0.15, 0.2) is 123 Å². The third-order valence-electron chi connectivity index (χ3n) is 16.3. The maximum absolute atomic E-state index is 14.3. The van der Waals surface area contributed by atoms with Crippen molar-refractivity contribution in [3.63, 3.8) is 0 Å². The van der Waals surface area contributed by atoms with Crippen LogP contribution in [-0.4, -0.2) is 208 Å². The number of likely N-dealkylation sites (N-methyl/N-ethyl adjacent to an activating group) is 2. The Bertz CT molecular complexity index is 4250. The first-order valence-electron chi connectivity index (χ1n) is 35.6. The van der Waals surface area contributed by atoms with E-state index < -0.39 is 70.0 Å². The lowest BCUT2D eigenvalue weighted by Gasteiger charge is -2.36. The van der Waals surface area contributed by atoms with Crippen LogP contribution in [0.5, 0.6) is 23.0 Å². The minimum absolute atomic E-state index is 0.00387. The fourth-order valence-corrected chi connectivity index (χ4v) is 10.9. The summed E-state index contributed by atoms with van der Waals surface area (Å²) in [4.78, 5) is 139. The van der Waals surface area contributed by atoms with Gasteiger partial charge in [0.1, 0.15) is 81.3 Å². The predicted octanol–water partition coefficient (Wildman–Crippen LogP) is 14.1. The van der Waals surface area contributed by atoms with Gasteiger partial charge < -0.3 is 68.5 Å². The van der Waals surface area contributed by atoms with Gasteiger partial charge in [-0.1, -0.05) is 27.0 Å². The zero-order valence-corrected chi connectivity index (χ0v) is 67.9. The number of nitrogen functional groups attached to an aromatic ring is 1. The Morgan fingerprint density at radius 3 is 1.11 bits per heavy atom. The summed E-state index contributed by atoms with van der Waals surface area (Å²) in [5.74, 6) is 0.994. The molecule has 0 atom stereocenters. The number of aromatic nitrogens is 4. The number of anilines is 12. The number of benzene rings is 4. The first kappa shape index (κ1) is 88.4. The van der Waals surface area contributed by atoms with Crippen LogP contribution in [0.25, 0.3) is 0 Å². The largest absolute Gasteiger partial charge is 0.497 e. The van der Waals surface area contributed by atoms with Crippen LogP contribution >= 0.6 is 11.6 Å². The number of allylic oxidation sites excluding steroid dienone is 1. The summed E-state index contributed by atoms with van der Waals surface area (Å²) < 4.78 is 44.4. The molecule has 111 heavy (non-hydrogen) atoms. The van der Waals surface area contributed by atoms with Crippen LogP contribution < -0.4 is 69.2 Å². The maximum atomic E-state index is 14.3. The highest BCUT2D eigenvalue weighted by atomic mass is 35.5. The van der Waals surface area contributed by atoms with Gasteiger partial charge in [-0.3, -0.25) is 19.4 Å². The SMILES string of the molecule is C=CC(=O)Cl.C=CC(=O)Nc1cc(N2CCN(CC)CC2)ccc1N(C(=O)OC(C)(C)C)c1cc(N(C)C(=O)N(C(=O)OC(C)(C)C)c2cc(OC)cc(OC)c2)ncn1.CCN1CCN(c2ccc(N(C(=O)OC(C)(C)C)c3cc(N(C)C(=O)N(C(=O)OC(C)(C)C)c4cc(OC)cc(OC)c4)ncn3)c(N)c2)CC1. The topological polar surface area (TPSA) is 332 Å². The Balaban J connectivity index is 0.000000327. The molecule has 0 bridgehead atoms. The van der Waals surface area contributed by atoms with E-state index in [9.17, 15) is 38.4 Å². The molecule has 2 fully saturated rings. The van der Waals surface area contributed by atoms with Gasteiger partial charge in [-0.2, -0.15) is 9.80 Å². The van der Waals surface area contributed by atoms with Crippen molar-refractivity contribution in [1.29, 1.82) is 0 Å². The van der Waals surface area contributed by atoms with Crippen LogP contribution in [0.1, 0.15) is 96.9 Å². The van der Waals surface area contributed by atoms with Crippen LogP contribution in [0, 0.1) is 0 Å². The van der Waals surface area contributed by atoms with E-state index in [1.807, 2.05) is 18.2 Å². The van der Waals surface area contributed by atoms with Gasteiger partial charge in [-0.15, -0.1) is 0 Å². The molecule has 0 unspecified atom stereocenters. The van der Waals surface area contributed by atoms with Gasteiger partial charge in [-0.05, 0) is 156 Å². The quantitative estimate of drug-likeness (QED) is 0.0329. The number of urea groups is 2. The summed E-state index contributed by atoms with van der Waals surface area (Å²) in [6.07, 6.45) is 1.08. The number of amides is 9. The van der Waals surface area contributed by atoms with Crippen molar-refractivity contribution < 1.29 is 76.3 Å². The maximum Gasteiger partial charge on any atom is 0.423 e. The number of nitrogens with one attached hydrogen (secondary N) is 1. The second-order valence-corrected chi connectivity index (χ2v) is 29.4. The van der Waals surface area contributed by atoms with E-state index in [2.05, 4.69) is 71.9 Å². The van der Waals surface area contributed by atoms with E-state index in [1.54, 1.807) is 113 Å². The molecule has 600 valence electrons. The number of hydrogen-bond acceptors (Lipinski definition) is 25. The summed E-state index contributed by atoms with van der Waals surface area (Å²) in [5.41, 5.74) is 6.16. The van der Waals surface area contributed by atoms with E-state index in [-0.39, 0.29) is 40.3 Å². The minimum Gasteiger partial charge on any atom is -0.497 e. The van der Waals surface area contributed by atoms with Gasteiger partial charge in [0.2, 0.25) is 11.1 Å². The number of rotatable bonds is 19. The monoisotopic (exact) mass is 1560 g/mol. The van der Waals surface area contributed by atoms with E-state index in [4.69, 9.17) is 55.2 Å². The number of halogens is 1. The molecular weight excluding hydrogens is 1450 g/mol. The van der Waals surface area contributed by atoms with Gasteiger partial charge in [-0.25, -0.2) is 58.5 Å². The Kier molecular flexibility index (Phi) is 30.8. The van der Waals surface area contributed by atoms with Crippen LogP contribution in [-0.2, 0) is 28.5 Å². The first-order chi connectivity index (χ1) is 52.1. The number of nitrogens with zero attached hydrogens (tertiary/aromatic N) is 14. The van der Waals surface area contributed by atoms with E-state index >= 15 is 0 Å². The fraction of sp³-hybridized carbons (Fsp3) is 0.436. The van der Waals surface area contributed by atoms with Crippen molar-refractivity contribution in [2.75, 3.05) is 158 Å². The molecule has 0 radical (unpaired) electrons. The lowest BCUT2D eigenvalue weighted by atomic mass is 10.1. The molecule has 33 heteroatoms. The van der Waals surface area contributed by atoms with Gasteiger partial charge >= 0.3 is 36.4 Å². The van der Waals surface area contributed by atoms with Crippen molar-refractivity contribution in [3.8, 4) is 23.0 Å². The summed E-state index contributed by atoms with van der Waals surface area (Å²) in [5, 5.41) is 2.33. The first-order valence-corrected chi connectivity index (χ1v) is 36.0. The zero-order valence-electron chi connectivity index (χ0n) is 67.1. The molecule has 9 amide bonds. The Morgan fingerprint density at radius 2 is 0.793 bits per heavy atom. The smallest absolute Gasteiger partial charge is 0.423 e. The molecule has 6 aromatic rings. The lowest BCUT2D eigenvalue weighted by Crippen LogP contribution is -2.47. The van der Waals surface area contributed by atoms with Crippen LogP contribution in [0.4, 0.5) is 97.5 Å². The van der Waals surface area contributed by atoms with Crippen molar-refractivity contribution in [1.82, 2.24) is 29.7 Å². The third-order valence-corrected chi connectivity index (χ3v) is 16.5. The van der Waals surface area contributed by atoms with E-state index in [1.165, 1.54) is 101 Å². The number of hydrogen-bond donors (Lipinski definition) is 2. The molecule has 0 spiro atoms. The van der Waals surface area contributed by atoms with Crippen molar-refractivity contribution in [2.45, 2.75) is 119 Å². The normalized spacial score (nSPS) is 13.2. The number of carbonyl (C=O) groups excluding carboxylic acids is 8. The molecule has 0 saturated carbocycles. The number of carbonyl (C=O) groups is 8. The second kappa shape index (κ2) is 38.7. The second-order valence-electron chi connectivity index (χ2n) is 29.0. The van der Waals surface area contributed by atoms with E-state index in [0.717, 1.165) is 109 Å². The molecular formula is C78H105ClN16O16. The van der Waals surface area contributed by atoms with Crippen LogP contribution in [0.2, 0.25) is 0 Å². The third kappa shape index (κ3) is 25.3. The summed E-state index contributed by atoms with van der Waals surface area (Å²) in [6, 6.07) is 21.1. The van der Waals surface area contributed by atoms with E-state index in [0.29, 0.717) is 40.1 Å². The van der Waals surface area contributed by atoms with Crippen molar-refractivity contribution >= 4 is 128 Å². The number of piperazine rings is 2. The van der Waals surface area contributed by atoms with Gasteiger partial charge in [0.15, 0.2) is 0 Å². The minimum atomic E-state index is -0.969. The average molecular weight is 1560 g/mol.